The molecule has 0 radical (unpaired) electrons. The fourth-order valence-corrected chi connectivity index (χ4v) is 7.51. The van der Waals surface area contributed by atoms with Crippen LogP contribution in [0.25, 0.3) is 11.1 Å². The van der Waals surface area contributed by atoms with E-state index in [1.165, 1.54) is 19.2 Å². The molecule has 224 valence electrons. The average molecular weight is 583 g/mol. The summed E-state index contributed by atoms with van der Waals surface area (Å²) < 4.78 is 36.2. The molecule has 7 rings (SSSR count). The predicted octanol–water partition coefficient (Wildman–Crippen LogP) is 4.84. The summed E-state index contributed by atoms with van der Waals surface area (Å²) in [6, 6.07) is 7.20. The van der Waals surface area contributed by atoms with E-state index in [1.807, 2.05) is 34.1 Å². The summed E-state index contributed by atoms with van der Waals surface area (Å²) >= 11 is 0. The van der Waals surface area contributed by atoms with Crippen LogP contribution in [0.15, 0.2) is 42.9 Å². The summed E-state index contributed by atoms with van der Waals surface area (Å²) in [5, 5.41) is 4.51. The van der Waals surface area contributed by atoms with E-state index in [0.29, 0.717) is 12.4 Å². The third kappa shape index (κ3) is 6.15. The van der Waals surface area contributed by atoms with Crippen LogP contribution in [0.2, 0.25) is 0 Å². The second kappa shape index (κ2) is 12.7. The number of nitrogens with zero attached hydrogens (tertiary/aromatic N) is 4. The van der Waals surface area contributed by atoms with Crippen molar-refractivity contribution >= 4 is 11.7 Å². The first-order valence-electron chi connectivity index (χ1n) is 15.4. The molecule has 0 saturated heterocycles. The van der Waals surface area contributed by atoms with Gasteiger partial charge >= 0.3 is 18.9 Å². The molecule has 4 aliphatic carbocycles. The van der Waals surface area contributed by atoms with Crippen LogP contribution in [0.1, 0.15) is 89.7 Å². The van der Waals surface area contributed by atoms with E-state index in [1.54, 1.807) is 6.20 Å². The Hall–Kier alpha value is -2.69. The van der Waals surface area contributed by atoms with Gasteiger partial charge in [-0.3, -0.25) is 14.4 Å². The van der Waals surface area contributed by atoms with Crippen LogP contribution in [0.4, 0.5) is 14.6 Å². The Kier molecular flexibility index (Phi) is 9.39. The molecule has 0 spiro atoms. The molecule has 6 nitrogen and oxygen atoms in total. The number of carbonyl (C=O) groups is 1. The third-order valence-electron chi connectivity index (χ3n) is 10.2. The number of methoxy groups -OCH3 is 1. The van der Waals surface area contributed by atoms with Gasteiger partial charge in [-0.15, -0.1) is 0 Å². The smallest absolute Gasteiger partial charge is 0.491 e. The molecule has 4 fully saturated rings. The Morgan fingerprint density at radius 3 is 2.30 bits per heavy atom. The SMILES string of the molecule is COc1c(F)cc(C23CCC(CN(C(=O)C4CC[CH-]CC4)c4cc(-c5cnn(C(C)C)c5)ccn4)(CC2)CC3)cc1F.[Li+]. The number of ether oxygens (including phenoxy) is 1. The summed E-state index contributed by atoms with van der Waals surface area (Å²) in [4.78, 5) is 20.9. The topological polar surface area (TPSA) is 60.2 Å². The predicted molar refractivity (Wildman–Crippen MR) is 159 cm³/mol. The molecule has 3 aromatic rings. The maximum atomic E-state index is 14.7. The molecule has 0 N–H and O–H groups in total. The minimum absolute atomic E-state index is 0. The summed E-state index contributed by atoms with van der Waals surface area (Å²) in [5.74, 6) is -0.748. The van der Waals surface area contributed by atoms with Crippen molar-refractivity contribution in [3.05, 3.63) is 66.5 Å². The quantitative estimate of drug-likeness (QED) is 0.282. The number of pyridine rings is 1. The maximum Gasteiger partial charge on any atom is 1.00 e. The monoisotopic (exact) mass is 582 g/mol. The summed E-state index contributed by atoms with van der Waals surface area (Å²) in [7, 11) is 1.29. The van der Waals surface area contributed by atoms with Crippen LogP contribution < -0.4 is 28.5 Å². The summed E-state index contributed by atoms with van der Waals surface area (Å²) in [6.45, 7) is 4.82. The molecule has 2 bridgehead atoms. The normalized spacial score (nSPS) is 23.7. The first-order chi connectivity index (χ1) is 20.2. The van der Waals surface area contributed by atoms with Crippen molar-refractivity contribution in [3.8, 4) is 16.9 Å². The second-order valence-electron chi connectivity index (χ2n) is 13.0. The first kappa shape index (κ1) is 31.7. The largest absolute Gasteiger partial charge is 1.00 e. The molecule has 1 amide bonds. The second-order valence-corrected chi connectivity index (χ2v) is 13.0. The summed E-state index contributed by atoms with van der Waals surface area (Å²) in [6.07, 6.45) is 16.9. The molecule has 0 atom stereocenters. The molecule has 2 aromatic heterocycles. The molecule has 4 aliphatic rings. The number of carbonyl (C=O) groups excluding carboxylic acids is 1. The number of rotatable bonds is 8. The van der Waals surface area contributed by atoms with Crippen molar-refractivity contribution in [1.82, 2.24) is 14.8 Å². The molecule has 1 aromatic carbocycles. The molecule has 2 heterocycles. The van der Waals surface area contributed by atoms with Gasteiger partial charge in [-0.05, 0) is 98.6 Å². The number of aromatic nitrogens is 3. The van der Waals surface area contributed by atoms with Gasteiger partial charge in [-0.1, -0.05) is 12.8 Å². The standard InChI is InChI=1S/C34H41F2N4O2.Li/c1-23(2)40-21-26(20-38-40)25-9-16-37-30(17-25)39(32(41)24-7-5-4-6-8-24)22-33-10-13-34(14-11-33,15-12-33)27-18-28(35)31(42-3)29(36)19-27;/h4,9,16-21,23-24H,5-8,10-15,22H2,1-3H3;/q-1;+1. The Bertz CT molecular complexity index is 1400. The molecule has 9 heteroatoms. The van der Waals surface area contributed by atoms with Crippen LogP contribution >= 0.6 is 0 Å². The van der Waals surface area contributed by atoms with Gasteiger partial charge in [0.2, 0.25) is 5.91 Å². The Labute approximate surface area is 265 Å². The van der Waals surface area contributed by atoms with Crippen molar-refractivity contribution in [2.24, 2.45) is 11.3 Å². The van der Waals surface area contributed by atoms with Gasteiger partial charge in [0.05, 0.1) is 13.3 Å². The van der Waals surface area contributed by atoms with Crippen molar-refractivity contribution in [2.75, 3.05) is 18.6 Å². The van der Waals surface area contributed by atoms with Gasteiger partial charge in [0, 0.05) is 36.5 Å². The fraction of sp³-hybridized carbons (Fsp3) is 0.529. The van der Waals surface area contributed by atoms with E-state index in [-0.39, 0.29) is 53.3 Å². The number of hydrogen-bond donors (Lipinski definition) is 0. The number of benzene rings is 1. The van der Waals surface area contributed by atoms with Crippen LogP contribution in [-0.2, 0) is 10.2 Å². The van der Waals surface area contributed by atoms with Gasteiger partial charge in [-0.2, -0.15) is 17.9 Å². The van der Waals surface area contributed by atoms with E-state index >= 15 is 0 Å². The molecular formula is C34H41F2LiN4O2. The Morgan fingerprint density at radius 1 is 1.07 bits per heavy atom. The van der Waals surface area contributed by atoms with E-state index in [2.05, 4.69) is 25.4 Å². The molecular weight excluding hydrogens is 541 g/mol. The third-order valence-corrected chi connectivity index (χ3v) is 10.2. The van der Waals surface area contributed by atoms with Gasteiger partial charge in [0.1, 0.15) is 5.82 Å². The zero-order valence-corrected chi connectivity index (χ0v) is 25.9. The molecule has 43 heavy (non-hydrogen) atoms. The van der Waals surface area contributed by atoms with Crippen LogP contribution in [0, 0.1) is 29.4 Å². The van der Waals surface area contributed by atoms with E-state index in [0.717, 1.165) is 80.9 Å². The van der Waals surface area contributed by atoms with Gasteiger partial charge < -0.3 is 11.2 Å². The zero-order chi connectivity index (χ0) is 29.5. The van der Waals surface area contributed by atoms with Crippen molar-refractivity contribution in [1.29, 1.82) is 0 Å². The van der Waals surface area contributed by atoms with Crippen molar-refractivity contribution < 1.29 is 37.2 Å². The molecule has 0 unspecified atom stereocenters. The first-order valence-corrected chi connectivity index (χ1v) is 15.4. The van der Waals surface area contributed by atoms with E-state index in [4.69, 9.17) is 9.72 Å². The summed E-state index contributed by atoms with van der Waals surface area (Å²) in [5.41, 5.74) is 2.45. The minimum Gasteiger partial charge on any atom is -0.491 e. The van der Waals surface area contributed by atoms with Gasteiger partial charge in [0.25, 0.3) is 0 Å². The van der Waals surface area contributed by atoms with Crippen LogP contribution in [0.3, 0.4) is 0 Å². The Balaban J connectivity index is 0.00000368. The molecule has 0 aliphatic heterocycles. The number of anilines is 1. The molecule has 4 saturated carbocycles. The number of amides is 1. The number of hydrogen-bond acceptors (Lipinski definition) is 4. The fourth-order valence-electron chi connectivity index (χ4n) is 7.51. The van der Waals surface area contributed by atoms with Gasteiger partial charge in [-0.25, -0.2) is 13.8 Å². The minimum atomic E-state index is -0.643. The van der Waals surface area contributed by atoms with Gasteiger partial charge in [0.15, 0.2) is 17.4 Å². The average Bonchev–Trinajstić information content (AvgIpc) is 3.52. The van der Waals surface area contributed by atoms with Crippen molar-refractivity contribution in [2.45, 2.75) is 89.5 Å². The van der Waals surface area contributed by atoms with Crippen LogP contribution in [-0.4, -0.2) is 34.3 Å². The number of halogens is 2. The van der Waals surface area contributed by atoms with Crippen LogP contribution in [0.5, 0.6) is 5.75 Å². The van der Waals surface area contributed by atoms with Crippen molar-refractivity contribution in [3.63, 3.8) is 0 Å². The van der Waals surface area contributed by atoms with E-state index in [9.17, 15) is 13.6 Å². The Morgan fingerprint density at radius 2 is 1.72 bits per heavy atom. The van der Waals surface area contributed by atoms with E-state index < -0.39 is 11.6 Å². The number of fused-ring (bicyclic) bond motifs is 3. The zero-order valence-electron chi connectivity index (χ0n) is 25.9. The maximum absolute atomic E-state index is 14.7.